The van der Waals surface area contributed by atoms with Crippen molar-refractivity contribution in [1.29, 1.82) is 0 Å². The molecular weight excluding hydrogens is 625 g/mol. The Hall–Kier alpha value is -1.62. The van der Waals surface area contributed by atoms with Gasteiger partial charge in [-0.2, -0.15) is 10.0 Å². The molecule has 0 fully saturated rings. The van der Waals surface area contributed by atoms with Crippen molar-refractivity contribution in [3.8, 4) is 0 Å². The van der Waals surface area contributed by atoms with Crippen LogP contribution in [0.2, 0.25) is 10.0 Å². The van der Waals surface area contributed by atoms with Crippen LogP contribution in [0.15, 0.2) is 33.2 Å². The fraction of sp³-hybridized carbons (Fsp3) is 0.364. The predicted molar refractivity (Wildman–Crippen MR) is 136 cm³/mol. The minimum atomic E-state index is -1.24. The Balaban J connectivity index is 2.95. The molecule has 34 heavy (non-hydrogen) atoms. The van der Waals surface area contributed by atoms with Gasteiger partial charge in [0, 0.05) is 8.95 Å². The number of ether oxygens (including phenoxy) is 2. The van der Waals surface area contributed by atoms with Gasteiger partial charge < -0.3 is 9.47 Å². The van der Waals surface area contributed by atoms with Crippen molar-refractivity contribution >= 4 is 78.6 Å². The second-order valence-corrected chi connectivity index (χ2v) is 11.4. The first-order valence-corrected chi connectivity index (χ1v) is 12.1. The molecule has 0 spiro atoms. The third-order valence-electron chi connectivity index (χ3n) is 3.80. The van der Waals surface area contributed by atoms with Gasteiger partial charge in [0.05, 0.1) is 10.0 Å². The molecule has 2 amide bonds. The van der Waals surface area contributed by atoms with Crippen LogP contribution in [0, 0.1) is 11.6 Å². The van der Waals surface area contributed by atoms with Crippen molar-refractivity contribution in [3.05, 3.63) is 54.9 Å². The molecule has 0 bridgehead atoms. The number of rotatable bonds is 2. The second-order valence-electron chi connectivity index (χ2n) is 8.97. The Morgan fingerprint density at radius 2 is 1.03 bits per heavy atom. The van der Waals surface area contributed by atoms with Crippen molar-refractivity contribution < 1.29 is 27.8 Å². The number of hydrogen-bond donors (Lipinski definition) is 0. The molecule has 0 saturated heterocycles. The van der Waals surface area contributed by atoms with Gasteiger partial charge in [-0.05, 0) is 97.7 Å². The third kappa shape index (κ3) is 6.74. The molecule has 2 aromatic carbocycles. The average molecular weight is 647 g/mol. The Morgan fingerprint density at radius 3 is 1.29 bits per heavy atom. The Morgan fingerprint density at radius 1 is 0.735 bits per heavy atom. The summed E-state index contributed by atoms with van der Waals surface area (Å²) in [6, 6.07) is 4.63. The maximum absolute atomic E-state index is 15.2. The van der Waals surface area contributed by atoms with Gasteiger partial charge in [0.2, 0.25) is 0 Å². The van der Waals surface area contributed by atoms with Gasteiger partial charge in [-0.25, -0.2) is 18.4 Å². The van der Waals surface area contributed by atoms with E-state index in [1.165, 1.54) is 12.1 Å². The van der Waals surface area contributed by atoms with Crippen LogP contribution >= 0.6 is 55.1 Å². The predicted octanol–water partition coefficient (Wildman–Crippen LogP) is 8.89. The van der Waals surface area contributed by atoms with E-state index in [1.54, 1.807) is 41.5 Å². The lowest BCUT2D eigenvalue weighted by Gasteiger charge is -2.37. The van der Waals surface area contributed by atoms with Gasteiger partial charge in [-0.3, -0.25) is 0 Å². The number of anilines is 2. The number of hydrazine groups is 1. The second kappa shape index (κ2) is 10.6. The first kappa shape index (κ1) is 28.6. The van der Waals surface area contributed by atoms with Gasteiger partial charge in [-0.1, -0.05) is 23.2 Å². The molecule has 0 heterocycles. The largest absolute Gasteiger partial charge is 0.442 e. The normalized spacial score (nSPS) is 11.8. The lowest BCUT2D eigenvalue weighted by molar-refractivity contribution is 0.0477. The zero-order valence-electron chi connectivity index (χ0n) is 19.1. The lowest BCUT2D eigenvalue weighted by Crippen LogP contribution is -2.54. The Bertz CT molecular complexity index is 1030. The minimum absolute atomic E-state index is 0.198. The zero-order valence-corrected chi connectivity index (χ0v) is 23.8. The zero-order chi connectivity index (χ0) is 26.2. The number of carbonyl (C=O) groups excluding carboxylic acids is 2. The third-order valence-corrected chi connectivity index (χ3v) is 6.34. The van der Waals surface area contributed by atoms with E-state index in [0.717, 1.165) is 12.1 Å². The molecule has 2 aromatic rings. The number of carbonyl (C=O) groups is 2. The number of amides is 2. The molecule has 0 aliphatic rings. The first-order chi connectivity index (χ1) is 15.4. The van der Waals surface area contributed by atoms with Crippen molar-refractivity contribution in [3.63, 3.8) is 0 Å². The molecule has 0 aromatic heterocycles. The SMILES string of the molecule is CC(C)(C)OC(=O)N(c1c(F)ccc(Br)c1Cl)N(C(=O)OC(C)(C)C)c1c(F)ccc(Br)c1Cl. The summed E-state index contributed by atoms with van der Waals surface area (Å²) in [5, 5.41) is 0.341. The standard InChI is InChI=1S/C22H22Br2Cl2F2N2O4/c1-21(2,3)33-19(31)29(17-13(27)9-7-11(23)15(17)25)30(20(32)34-22(4,5)6)18-14(28)10-8-12(24)16(18)26/h7-10H,1-6H3. The van der Waals surface area contributed by atoms with Crippen LogP contribution in [0.25, 0.3) is 0 Å². The fourth-order valence-corrected chi connectivity index (χ4v) is 3.68. The molecule has 12 heteroatoms. The van der Waals surface area contributed by atoms with Crippen LogP contribution in [0.5, 0.6) is 0 Å². The van der Waals surface area contributed by atoms with Crippen molar-refractivity contribution in [2.45, 2.75) is 52.7 Å². The molecule has 0 aliphatic carbocycles. The molecule has 0 aliphatic heterocycles. The van der Waals surface area contributed by atoms with Gasteiger partial charge in [0.15, 0.2) is 11.6 Å². The molecule has 2 rings (SSSR count). The van der Waals surface area contributed by atoms with Crippen molar-refractivity contribution in [2.75, 3.05) is 10.0 Å². The van der Waals surface area contributed by atoms with E-state index in [2.05, 4.69) is 31.9 Å². The summed E-state index contributed by atoms with van der Waals surface area (Å²) in [5.74, 6) is -2.00. The highest BCUT2D eigenvalue weighted by atomic mass is 79.9. The highest BCUT2D eigenvalue weighted by Crippen LogP contribution is 2.42. The quantitative estimate of drug-likeness (QED) is 0.242. The maximum atomic E-state index is 15.2. The van der Waals surface area contributed by atoms with Crippen LogP contribution in [0.4, 0.5) is 29.7 Å². The highest BCUT2D eigenvalue weighted by Gasteiger charge is 2.41. The summed E-state index contributed by atoms with van der Waals surface area (Å²) in [6.07, 6.45) is -2.49. The van der Waals surface area contributed by atoms with Gasteiger partial charge in [0.1, 0.15) is 22.6 Å². The van der Waals surface area contributed by atoms with Gasteiger partial charge in [0.25, 0.3) is 0 Å². The van der Waals surface area contributed by atoms with E-state index < -0.39 is 46.4 Å². The number of hydrogen-bond acceptors (Lipinski definition) is 4. The fourth-order valence-electron chi connectivity index (χ4n) is 2.58. The Labute approximate surface area is 223 Å². The van der Waals surface area contributed by atoms with Crippen molar-refractivity contribution in [2.24, 2.45) is 0 Å². The highest BCUT2D eigenvalue weighted by molar-refractivity contribution is 9.10. The monoisotopic (exact) mass is 644 g/mol. The summed E-state index contributed by atoms with van der Waals surface area (Å²) in [6.45, 7) is 9.37. The van der Waals surface area contributed by atoms with E-state index in [-0.39, 0.29) is 19.0 Å². The van der Waals surface area contributed by atoms with Gasteiger partial charge in [-0.15, -0.1) is 0 Å². The number of nitrogens with zero attached hydrogens (tertiary/aromatic N) is 2. The molecule has 0 atom stereocenters. The summed E-state index contributed by atoms with van der Waals surface area (Å²) >= 11 is 19.0. The molecule has 0 N–H and O–H groups in total. The van der Waals surface area contributed by atoms with E-state index >= 15 is 8.78 Å². The summed E-state index contributed by atoms with van der Waals surface area (Å²) in [4.78, 5) is 26.8. The molecule has 186 valence electrons. The molecule has 0 radical (unpaired) electrons. The van der Waals surface area contributed by atoms with Crippen LogP contribution in [0.3, 0.4) is 0 Å². The maximum Gasteiger partial charge on any atom is 0.434 e. The van der Waals surface area contributed by atoms with Crippen LogP contribution in [-0.4, -0.2) is 23.4 Å². The smallest absolute Gasteiger partial charge is 0.434 e. The topological polar surface area (TPSA) is 59.1 Å². The lowest BCUT2D eigenvalue weighted by atomic mass is 10.2. The van der Waals surface area contributed by atoms with Gasteiger partial charge >= 0.3 is 12.2 Å². The average Bonchev–Trinajstić information content (AvgIpc) is 2.66. The van der Waals surface area contributed by atoms with E-state index in [9.17, 15) is 9.59 Å². The van der Waals surface area contributed by atoms with Crippen LogP contribution < -0.4 is 10.0 Å². The summed E-state index contributed by atoms with van der Waals surface area (Å²) in [7, 11) is 0. The van der Waals surface area contributed by atoms with Crippen molar-refractivity contribution in [1.82, 2.24) is 0 Å². The molecule has 0 saturated carbocycles. The molecule has 0 unspecified atom stereocenters. The van der Waals surface area contributed by atoms with Crippen LogP contribution in [-0.2, 0) is 9.47 Å². The Kier molecular flexibility index (Phi) is 8.88. The number of halogens is 6. The summed E-state index contributed by atoms with van der Waals surface area (Å²) < 4.78 is 41.6. The molecular formula is C22H22Br2Cl2F2N2O4. The first-order valence-electron chi connectivity index (χ1n) is 9.77. The number of benzene rings is 2. The summed E-state index contributed by atoms with van der Waals surface area (Å²) in [5.41, 5.74) is -3.34. The van der Waals surface area contributed by atoms with E-state index in [4.69, 9.17) is 32.7 Å². The van der Waals surface area contributed by atoms with E-state index in [1.807, 2.05) is 0 Å². The van der Waals surface area contributed by atoms with Crippen LogP contribution in [0.1, 0.15) is 41.5 Å². The minimum Gasteiger partial charge on any atom is -0.442 e. The van der Waals surface area contributed by atoms with E-state index in [0.29, 0.717) is 10.0 Å². The molecule has 6 nitrogen and oxygen atoms in total.